The van der Waals surface area contributed by atoms with Crippen LogP contribution >= 0.6 is 11.6 Å². The fourth-order valence-electron chi connectivity index (χ4n) is 1.21. The molecule has 1 heterocycles. The lowest BCUT2D eigenvalue weighted by Gasteiger charge is -2.16. The van der Waals surface area contributed by atoms with E-state index in [-0.39, 0.29) is 5.84 Å². The van der Waals surface area contributed by atoms with Crippen molar-refractivity contribution in [1.82, 2.24) is 9.88 Å². The molecule has 0 unspecified atom stereocenters. The lowest BCUT2D eigenvalue weighted by atomic mass is 10.2. The molecule has 1 rings (SSSR count). The molecular weight excluding hydrogens is 212 g/mol. The topological polar surface area (TPSA) is 66.0 Å². The predicted octanol–water partition coefficient (Wildman–Crippen LogP) is 1.49. The first-order chi connectivity index (χ1) is 7.09. The fourth-order valence-corrected chi connectivity index (χ4v) is 1.39. The molecule has 0 aliphatic heterocycles. The zero-order chi connectivity index (χ0) is 11.3. The number of pyridine rings is 1. The van der Waals surface area contributed by atoms with E-state index in [2.05, 4.69) is 9.88 Å². The molecule has 0 fully saturated rings. The molecule has 0 saturated heterocycles. The molecule has 15 heavy (non-hydrogen) atoms. The second kappa shape index (κ2) is 5.68. The van der Waals surface area contributed by atoms with Gasteiger partial charge in [0, 0.05) is 31.9 Å². The van der Waals surface area contributed by atoms with Gasteiger partial charge in [-0.2, -0.15) is 0 Å². The second-order valence-corrected chi connectivity index (χ2v) is 3.89. The molecule has 0 radical (unpaired) electrons. The van der Waals surface area contributed by atoms with E-state index < -0.39 is 0 Å². The largest absolute Gasteiger partial charge is 0.388 e. The van der Waals surface area contributed by atoms with Crippen molar-refractivity contribution in [2.75, 3.05) is 13.6 Å². The first-order valence-electron chi connectivity index (χ1n) is 4.69. The Hall–Kier alpha value is -1.13. The van der Waals surface area contributed by atoms with Gasteiger partial charge in [-0.3, -0.25) is 10.4 Å². The van der Waals surface area contributed by atoms with Crippen LogP contribution in [0.3, 0.4) is 0 Å². The quantitative estimate of drug-likeness (QED) is 0.591. The summed E-state index contributed by atoms with van der Waals surface area (Å²) in [4.78, 5) is 5.99. The normalized spacial score (nSPS) is 10.6. The second-order valence-electron chi connectivity index (χ2n) is 3.48. The highest BCUT2D eigenvalue weighted by molar-refractivity contribution is 6.31. The molecule has 0 bridgehead atoms. The van der Waals surface area contributed by atoms with Crippen LogP contribution in [0.15, 0.2) is 18.5 Å². The zero-order valence-electron chi connectivity index (χ0n) is 8.70. The average molecular weight is 227 g/mol. The van der Waals surface area contributed by atoms with Gasteiger partial charge in [-0.25, -0.2) is 0 Å². The summed E-state index contributed by atoms with van der Waals surface area (Å²) >= 11 is 5.97. The van der Waals surface area contributed by atoms with Crippen LogP contribution in [0.2, 0.25) is 5.02 Å². The molecule has 0 spiro atoms. The summed E-state index contributed by atoms with van der Waals surface area (Å²) in [5, 5.41) is 7.80. The number of aromatic nitrogens is 1. The molecule has 1 aromatic heterocycles. The molecule has 0 atom stereocenters. The maximum atomic E-state index is 7.12. The van der Waals surface area contributed by atoms with Gasteiger partial charge in [-0.1, -0.05) is 11.6 Å². The monoisotopic (exact) mass is 226 g/mol. The van der Waals surface area contributed by atoms with E-state index >= 15 is 0 Å². The zero-order valence-corrected chi connectivity index (χ0v) is 9.46. The minimum Gasteiger partial charge on any atom is -0.388 e. The van der Waals surface area contributed by atoms with Crippen LogP contribution in [-0.4, -0.2) is 29.3 Å². The van der Waals surface area contributed by atoms with Crippen LogP contribution in [0.25, 0.3) is 0 Å². The molecule has 0 aliphatic carbocycles. The Morgan fingerprint density at radius 3 is 3.00 bits per heavy atom. The minimum absolute atomic E-state index is 0.211. The van der Waals surface area contributed by atoms with Gasteiger partial charge in [0.25, 0.3) is 0 Å². The minimum atomic E-state index is 0.211. The molecular formula is C10H15ClN4. The van der Waals surface area contributed by atoms with Crippen molar-refractivity contribution >= 4 is 17.4 Å². The van der Waals surface area contributed by atoms with Crippen LogP contribution in [-0.2, 0) is 6.54 Å². The number of hydrogen-bond acceptors (Lipinski definition) is 3. The number of halogens is 1. The van der Waals surface area contributed by atoms with E-state index in [9.17, 15) is 0 Å². The van der Waals surface area contributed by atoms with Crippen LogP contribution in [0.4, 0.5) is 0 Å². The van der Waals surface area contributed by atoms with Gasteiger partial charge in [0.1, 0.15) is 0 Å². The molecule has 0 aromatic carbocycles. The Bertz CT molecular complexity index is 340. The van der Waals surface area contributed by atoms with E-state index in [4.69, 9.17) is 22.7 Å². The first-order valence-corrected chi connectivity index (χ1v) is 5.07. The van der Waals surface area contributed by atoms with Crippen molar-refractivity contribution in [1.29, 1.82) is 5.41 Å². The summed E-state index contributed by atoms with van der Waals surface area (Å²) in [7, 11) is 1.97. The number of nitrogens with two attached hydrogens (primary N) is 1. The molecule has 5 heteroatoms. The lowest BCUT2D eigenvalue weighted by Crippen LogP contribution is -2.24. The van der Waals surface area contributed by atoms with Crippen molar-refractivity contribution in [3.05, 3.63) is 29.0 Å². The Labute approximate surface area is 94.6 Å². The SMILES string of the molecule is CN(CCC(=N)N)Cc1ccncc1Cl. The van der Waals surface area contributed by atoms with E-state index in [0.717, 1.165) is 18.7 Å². The number of nitrogens with zero attached hydrogens (tertiary/aromatic N) is 2. The van der Waals surface area contributed by atoms with Gasteiger partial charge in [0.05, 0.1) is 10.9 Å². The van der Waals surface area contributed by atoms with Gasteiger partial charge in [-0.15, -0.1) is 0 Å². The van der Waals surface area contributed by atoms with Crippen molar-refractivity contribution < 1.29 is 0 Å². The van der Waals surface area contributed by atoms with Crippen LogP contribution in [0, 0.1) is 5.41 Å². The van der Waals surface area contributed by atoms with E-state index in [1.165, 1.54) is 0 Å². The van der Waals surface area contributed by atoms with Crippen molar-refractivity contribution in [3.8, 4) is 0 Å². The van der Waals surface area contributed by atoms with E-state index in [1.807, 2.05) is 13.1 Å². The molecule has 82 valence electrons. The Balaban J connectivity index is 2.47. The fraction of sp³-hybridized carbons (Fsp3) is 0.400. The summed E-state index contributed by atoms with van der Waals surface area (Å²) in [6.45, 7) is 1.50. The summed E-state index contributed by atoms with van der Waals surface area (Å²) in [6.07, 6.45) is 3.94. The smallest absolute Gasteiger partial charge is 0.0918 e. The number of hydrogen-bond donors (Lipinski definition) is 2. The maximum Gasteiger partial charge on any atom is 0.0918 e. The van der Waals surface area contributed by atoms with Crippen molar-refractivity contribution in [3.63, 3.8) is 0 Å². The molecule has 0 amide bonds. The lowest BCUT2D eigenvalue weighted by molar-refractivity contribution is 0.336. The third kappa shape index (κ3) is 4.27. The Kier molecular flexibility index (Phi) is 4.52. The number of rotatable bonds is 5. The number of nitrogens with one attached hydrogen (secondary N) is 1. The van der Waals surface area contributed by atoms with E-state index in [1.54, 1.807) is 12.4 Å². The first kappa shape index (κ1) is 11.9. The molecule has 0 aliphatic rings. The van der Waals surface area contributed by atoms with Crippen LogP contribution in [0.1, 0.15) is 12.0 Å². The Morgan fingerprint density at radius 1 is 1.67 bits per heavy atom. The molecule has 0 saturated carbocycles. The van der Waals surface area contributed by atoms with Gasteiger partial charge >= 0.3 is 0 Å². The van der Waals surface area contributed by atoms with Crippen molar-refractivity contribution in [2.45, 2.75) is 13.0 Å². The highest BCUT2D eigenvalue weighted by Gasteiger charge is 2.04. The van der Waals surface area contributed by atoms with Crippen LogP contribution < -0.4 is 5.73 Å². The average Bonchev–Trinajstić information content (AvgIpc) is 2.18. The summed E-state index contributed by atoms with van der Waals surface area (Å²) in [6, 6.07) is 1.90. The molecule has 4 nitrogen and oxygen atoms in total. The summed E-state index contributed by atoms with van der Waals surface area (Å²) < 4.78 is 0. The van der Waals surface area contributed by atoms with Gasteiger partial charge < -0.3 is 10.6 Å². The van der Waals surface area contributed by atoms with Gasteiger partial charge in [0.15, 0.2) is 0 Å². The van der Waals surface area contributed by atoms with E-state index in [0.29, 0.717) is 11.4 Å². The van der Waals surface area contributed by atoms with Gasteiger partial charge in [0.2, 0.25) is 0 Å². The third-order valence-corrected chi connectivity index (χ3v) is 2.40. The highest BCUT2D eigenvalue weighted by Crippen LogP contribution is 2.14. The molecule has 3 N–H and O–H groups in total. The molecule has 1 aromatic rings. The summed E-state index contributed by atoms with van der Waals surface area (Å²) in [5.41, 5.74) is 6.32. The summed E-state index contributed by atoms with van der Waals surface area (Å²) in [5.74, 6) is 0.211. The highest BCUT2D eigenvalue weighted by atomic mass is 35.5. The predicted molar refractivity (Wildman–Crippen MR) is 62.1 cm³/mol. The van der Waals surface area contributed by atoms with Crippen LogP contribution in [0.5, 0.6) is 0 Å². The van der Waals surface area contributed by atoms with Gasteiger partial charge in [-0.05, 0) is 18.7 Å². The number of amidine groups is 1. The maximum absolute atomic E-state index is 7.12. The third-order valence-electron chi connectivity index (χ3n) is 2.06. The standard InChI is InChI=1S/C10H15ClN4/c1-15(5-3-10(12)13)7-8-2-4-14-6-9(8)11/h2,4,6H,3,5,7H2,1H3,(H3,12,13). The Morgan fingerprint density at radius 2 is 2.40 bits per heavy atom. The van der Waals surface area contributed by atoms with Crippen molar-refractivity contribution in [2.24, 2.45) is 5.73 Å².